The lowest BCUT2D eigenvalue weighted by molar-refractivity contribution is 0.414. The first kappa shape index (κ1) is 20.4. The van der Waals surface area contributed by atoms with Crippen molar-refractivity contribution >= 4 is 20.0 Å². The van der Waals surface area contributed by atoms with E-state index in [0.717, 1.165) is 5.56 Å². The number of hydrogen-bond acceptors (Lipinski definition) is 5. The normalized spacial score (nSPS) is 12.1. The minimum atomic E-state index is -3.70. The average Bonchev–Trinajstić information content (AvgIpc) is 2.58. The lowest BCUT2D eigenvalue weighted by Gasteiger charge is -2.10. The molecule has 3 N–H and O–H groups in total. The molecule has 0 aliphatic heterocycles. The standard InChI is InChI=1S/C17H22N2O5S2/c1-13-12-15(24-2)7-10-17(13)26(22,23)19-11-3-4-14-5-8-16(9-6-14)25(18,20)21/h5-10,12,19H,3-4,11H2,1-2H3,(H2,18,20,21). The number of ether oxygens (including phenoxy) is 1. The first-order valence-corrected chi connectivity index (χ1v) is 10.9. The van der Waals surface area contributed by atoms with Crippen LogP contribution in [0.5, 0.6) is 5.75 Å². The number of rotatable bonds is 8. The largest absolute Gasteiger partial charge is 0.497 e. The van der Waals surface area contributed by atoms with Gasteiger partial charge in [0, 0.05) is 6.54 Å². The number of hydrogen-bond donors (Lipinski definition) is 2. The van der Waals surface area contributed by atoms with Crippen LogP contribution in [0.2, 0.25) is 0 Å². The van der Waals surface area contributed by atoms with Crippen LogP contribution in [-0.2, 0) is 26.5 Å². The van der Waals surface area contributed by atoms with E-state index in [1.54, 1.807) is 31.2 Å². The van der Waals surface area contributed by atoms with Gasteiger partial charge in [-0.3, -0.25) is 0 Å². The van der Waals surface area contributed by atoms with Gasteiger partial charge in [-0.15, -0.1) is 0 Å². The lowest BCUT2D eigenvalue weighted by atomic mass is 10.1. The summed E-state index contributed by atoms with van der Waals surface area (Å²) in [6.45, 7) is 1.98. The SMILES string of the molecule is COc1ccc(S(=O)(=O)NCCCc2ccc(S(N)(=O)=O)cc2)c(C)c1. The third-order valence-corrected chi connectivity index (χ3v) is 6.41. The van der Waals surface area contributed by atoms with E-state index >= 15 is 0 Å². The molecule has 0 amide bonds. The highest BCUT2D eigenvalue weighted by atomic mass is 32.2. The number of sulfonamides is 2. The number of methoxy groups -OCH3 is 1. The van der Waals surface area contributed by atoms with Gasteiger partial charge in [-0.05, 0) is 61.2 Å². The minimum absolute atomic E-state index is 0.0527. The summed E-state index contributed by atoms with van der Waals surface area (Å²) in [4.78, 5) is 0.271. The monoisotopic (exact) mass is 398 g/mol. The summed E-state index contributed by atoms with van der Waals surface area (Å²) in [5.74, 6) is 0.601. The van der Waals surface area contributed by atoms with Gasteiger partial charge in [0.15, 0.2) is 0 Å². The maximum Gasteiger partial charge on any atom is 0.240 e. The zero-order chi connectivity index (χ0) is 19.4. The van der Waals surface area contributed by atoms with E-state index in [0.29, 0.717) is 24.2 Å². The van der Waals surface area contributed by atoms with Crippen LogP contribution in [0.1, 0.15) is 17.5 Å². The Kier molecular flexibility index (Phi) is 6.40. The number of aryl methyl sites for hydroxylation is 2. The fraction of sp³-hybridized carbons (Fsp3) is 0.294. The Morgan fingerprint density at radius 3 is 2.23 bits per heavy atom. The van der Waals surface area contributed by atoms with E-state index in [-0.39, 0.29) is 16.3 Å². The number of nitrogens with one attached hydrogen (secondary N) is 1. The van der Waals surface area contributed by atoms with Gasteiger partial charge in [0.25, 0.3) is 0 Å². The number of benzene rings is 2. The van der Waals surface area contributed by atoms with E-state index in [1.165, 1.54) is 25.3 Å². The summed E-state index contributed by atoms with van der Waals surface area (Å²) in [5, 5.41) is 5.05. The van der Waals surface area contributed by atoms with Crippen LogP contribution in [0.25, 0.3) is 0 Å². The van der Waals surface area contributed by atoms with E-state index in [2.05, 4.69) is 4.72 Å². The zero-order valence-electron chi connectivity index (χ0n) is 14.6. The molecule has 0 unspecified atom stereocenters. The second-order valence-corrected chi connectivity index (χ2v) is 9.12. The third kappa shape index (κ3) is 5.28. The van der Waals surface area contributed by atoms with Gasteiger partial charge in [-0.2, -0.15) is 0 Å². The molecule has 0 bridgehead atoms. The van der Waals surface area contributed by atoms with Gasteiger partial charge in [0.1, 0.15) is 5.75 Å². The number of primary sulfonamides is 1. The Hall–Kier alpha value is -1.94. The highest BCUT2D eigenvalue weighted by molar-refractivity contribution is 7.89. The Labute approximate surface area is 154 Å². The van der Waals surface area contributed by atoms with Crippen LogP contribution in [0.4, 0.5) is 0 Å². The smallest absolute Gasteiger partial charge is 0.240 e. The minimum Gasteiger partial charge on any atom is -0.497 e. The second kappa shape index (κ2) is 8.17. The first-order valence-electron chi connectivity index (χ1n) is 7.89. The molecule has 9 heteroatoms. The van der Waals surface area contributed by atoms with Crippen molar-refractivity contribution < 1.29 is 21.6 Å². The topological polar surface area (TPSA) is 116 Å². The molecule has 2 aromatic rings. The van der Waals surface area contributed by atoms with Gasteiger partial charge >= 0.3 is 0 Å². The summed E-state index contributed by atoms with van der Waals surface area (Å²) >= 11 is 0. The maximum absolute atomic E-state index is 12.4. The fourth-order valence-electron chi connectivity index (χ4n) is 2.47. The molecule has 0 saturated carbocycles. The van der Waals surface area contributed by atoms with Gasteiger partial charge in [0.05, 0.1) is 16.9 Å². The summed E-state index contributed by atoms with van der Waals surface area (Å²) in [5.41, 5.74) is 1.51. The predicted molar refractivity (Wildman–Crippen MR) is 99.1 cm³/mol. The Bertz CT molecular complexity index is 969. The predicted octanol–water partition coefficient (Wildman–Crippen LogP) is 1.56. The highest BCUT2D eigenvalue weighted by Gasteiger charge is 2.16. The molecule has 26 heavy (non-hydrogen) atoms. The lowest BCUT2D eigenvalue weighted by Crippen LogP contribution is -2.25. The molecule has 0 heterocycles. The van der Waals surface area contributed by atoms with Crippen molar-refractivity contribution in [3.8, 4) is 5.75 Å². The van der Waals surface area contributed by atoms with Gasteiger partial charge in [0.2, 0.25) is 20.0 Å². The summed E-state index contributed by atoms with van der Waals surface area (Å²) in [6, 6.07) is 11.0. The van der Waals surface area contributed by atoms with Crippen LogP contribution < -0.4 is 14.6 Å². The molecule has 0 aliphatic rings. The Balaban J connectivity index is 1.93. The van der Waals surface area contributed by atoms with E-state index in [9.17, 15) is 16.8 Å². The van der Waals surface area contributed by atoms with Crippen molar-refractivity contribution in [3.63, 3.8) is 0 Å². The van der Waals surface area contributed by atoms with Gasteiger partial charge in [-0.1, -0.05) is 12.1 Å². The zero-order valence-corrected chi connectivity index (χ0v) is 16.2. The fourth-order valence-corrected chi connectivity index (χ4v) is 4.29. The summed E-state index contributed by atoms with van der Waals surface area (Å²) < 4.78 is 54.8. The Morgan fingerprint density at radius 1 is 1.04 bits per heavy atom. The molecule has 0 spiro atoms. The first-order chi connectivity index (χ1) is 12.1. The molecule has 142 valence electrons. The summed E-state index contributed by atoms with van der Waals surface area (Å²) in [6.07, 6.45) is 1.18. The van der Waals surface area contributed by atoms with Crippen LogP contribution in [0.3, 0.4) is 0 Å². The molecule has 0 radical (unpaired) electrons. The van der Waals surface area contributed by atoms with Crippen LogP contribution >= 0.6 is 0 Å². The van der Waals surface area contributed by atoms with Crippen LogP contribution in [0.15, 0.2) is 52.3 Å². The van der Waals surface area contributed by atoms with Crippen molar-refractivity contribution in [1.29, 1.82) is 0 Å². The molecule has 0 fully saturated rings. The molecule has 2 aromatic carbocycles. The van der Waals surface area contributed by atoms with Gasteiger partial charge in [-0.25, -0.2) is 26.7 Å². The van der Waals surface area contributed by atoms with E-state index in [1.807, 2.05) is 0 Å². The van der Waals surface area contributed by atoms with Crippen molar-refractivity contribution in [2.24, 2.45) is 5.14 Å². The van der Waals surface area contributed by atoms with Crippen molar-refractivity contribution in [2.45, 2.75) is 29.6 Å². The van der Waals surface area contributed by atoms with Crippen molar-refractivity contribution in [3.05, 3.63) is 53.6 Å². The highest BCUT2D eigenvalue weighted by Crippen LogP contribution is 2.20. The molecule has 0 aliphatic carbocycles. The van der Waals surface area contributed by atoms with Crippen molar-refractivity contribution in [1.82, 2.24) is 4.72 Å². The molecule has 2 rings (SSSR count). The molecule has 0 atom stereocenters. The van der Waals surface area contributed by atoms with Gasteiger partial charge < -0.3 is 4.74 Å². The molecular weight excluding hydrogens is 376 g/mol. The van der Waals surface area contributed by atoms with Crippen LogP contribution in [0, 0.1) is 6.92 Å². The molecular formula is C17H22N2O5S2. The van der Waals surface area contributed by atoms with E-state index < -0.39 is 20.0 Å². The quantitative estimate of drug-likeness (QED) is 0.655. The maximum atomic E-state index is 12.4. The number of nitrogens with two attached hydrogens (primary N) is 1. The van der Waals surface area contributed by atoms with Crippen LogP contribution in [-0.4, -0.2) is 30.5 Å². The average molecular weight is 399 g/mol. The molecule has 7 nitrogen and oxygen atoms in total. The summed E-state index contributed by atoms with van der Waals surface area (Å²) in [7, 11) is -5.78. The van der Waals surface area contributed by atoms with E-state index in [4.69, 9.17) is 9.88 Å². The molecule has 0 saturated heterocycles. The third-order valence-electron chi connectivity index (χ3n) is 3.86. The Morgan fingerprint density at radius 2 is 1.69 bits per heavy atom. The second-order valence-electron chi connectivity index (χ2n) is 5.82. The molecule has 0 aromatic heterocycles. The van der Waals surface area contributed by atoms with Crippen molar-refractivity contribution in [2.75, 3.05) is 13.7 Å².